The van der Waals surface area contributed by atoms with E-state index in [4.69, 9.17) is 8.94 Å². The van der Waals surface area contributed by atoms with Crippen molar-refractivity contribution in [1.82, 2.24) is 15.0 Å². The minimum atomic E-state index is -2.89. The van der Waals surface area contributed by atoms with E-state index in [1.807, 2.05) is 11.9 Å². The van der Waals surface area contributed by atoms with Crippen LogP contribution in [0.4, 0.5) is 0 Å². The number of nitrogens with zero attached hydrogens (tertiary/aromatic N) is 3. The highest BCUT2D eigenvalue weighted by Crippen LogP contribution is 2.20. The monoisotopic (exact) mass is 297 g/mol. The van der Waals surface area contributed by atoms with Crippen molar-refractivity contribution >= 4 is 9.84 Å². The second-order valence-electron chi connectivity index (χ2n) is 4.96. The Morgan fingerprint density at radius 2 is 2.35 bits per heavy atom. The van der Waals surface area contributed by atoms with Gasteiger partial charge in [-0.25, -0.2) is 8.42 Å². The summed E-state index contributed by atoms with van der Waals surface area (Å²) in [4.78, 5) is 6.17. The van der Waals surface area contributed by atoms with E-state index >= 15 is 0 Å². The first kappa shape index (κ1) is 13.3. The number of hydrogen-bond acceptors (Lipinski definition) is 7. The van der Waals surface area contributed by atoms with Crippen LogP contribution in [-0.2, 0) is 16.4 Å². The quantitative estimate of drug-likeness (QED) is 0.829. The lowest BCUT2D eigenvalue weighted by atomic mass is 10.2. The summed E-state index contributed by atoms with van der Waals surface area (Å²) in [6, 6.07) is 3.52. The van der Waals surface area contributed by atoms with Crippen LogP contribution in [0.15, 0.2) is 27.3 Å². The molecule has 0 aromatic carbocycles. The van der Waals surface area contributed by atoms with Crippen LogP contribution in [0.25, 0.3) is 11.6 Å². The molecule has 2 aromatic rings. The van der Waals surface area contributed by atoms with E-state index < -0.39 is 9.84 Å². The van der Waals surface area contributed by atoms with Crippen molar-refractivity contribution in [2.24, 2.45) is 0 Å². The molecular formula is C12H15N3O4S. The van der Waals surface area contributed by atoms with Gasteiger partial charge in [0.15, 0.2) is 15.6 Å². The molecule has 0 bridgehead atoms. The number of rotatable bonds is 4. The van der Waals surface area contributed by atoms with E-state index in [0.29, 0.717) is 30.4 Å². The smallest absolute Gasteiger partial charge is 0.241 e. The van der Waals surface area contributed by atoms with Crippen LogP contribution >= 0.6 is 0 Å². The average Bonchev–Trinajstić information content (AvgIpc) is 3.07. The van der Waals surface area contributed by atoms with E-state index in [9.17, 15) is 8.42 Å². The van der Waals surface area contributed by atoms with Crippen LogP contribution in [0.2, 0.25) is 0 Å². The molecule has 0 radical (unpaired) electrons. The van der Waals surface area contributed by atoms with Gasteiger partial charge in [0.2, 0.25) is 11.7 Å². The van der Waals surface area contributed by atoms with Crippen LogP contribution in [0.5, 0.6) is 0 Å². The Morgan fingerprint density at radius 1 is 1.50 bits per heavy atom. The molecule has 0 unspecified atom stereocenters. The Bertz CT molecular complexity index is 677. The van der Waals surface area contributed by atoms with Crippen LogP contribution in [0.1, 0.15) is 12.3 Å². The lowest BCUT2D eigenvalue weighted by molar-refractivity contribution is 0.218. The van der Waals surface area contributed by atoms with Gasteiger partial charge >= 0.3 is 0 Å². The summed E-state index contributed by atoms with van der Waals surface area (Å²) in [7, 11) is -1.02. The number of hydrogen-bond donors (Lipinski definition) is 0. The summed E-state index contributed by atoms with van der Waals surface area (Å²) in [5.41, 5.74) is 0. The van der Waals surface area contributed by atoms with E-state index in [-0.39, 0.29) is 17.5 Å². The van der Waals surface area contributed by atoms with Crippen LogP contribution < -0.4 is 0 Å². The minimum absolute atomic E-state index is 0.0129. The summed E-state index contributed by atoms with van der Waals surface area (Å²) in [6.07, 6.45) is 2.19. The highest BCUT2D eigenvalue weighted by atomic mass is 32.2. The number of sulfone groups is 1. The van der Waals surface area contributed by atoms with Crippen LogP contribution in [-0.4, -0.2) is 48.1 Å². The Labute approximate surface area is 116 Å². The lowest BCUT2D eigenvalue weighted by Gasteiger charge is -2.20. The summed E-state index contributed by atoms with van der Waals surface area (Å²) >= 11 is 0. The van der Waals surface area contributed by atoms with Gasteiger partial charge in [-0.15, -0.1) is 0 Å². The Morgan fingerprint density at radius 3 is 3.00 bits per heavy atom. The van der Waals surface area contributed by atoms with Crippen molar-refractivity contribution < 1.29 is 17.4 Å². The molecule has 0 N–H and O–H groups in total. The second-order valence-corrected chi connectivity index (χ2v) is 7.19. The molecule has 1 atom stereocenters. The molecule has 20 heavy (non-hydrogen) atoms. The van der Waals surface area contributed by atoms with Gasteiger partial charge in [-0.3, -0.25) is 4.90 Å². The minimum Gasteiger partial charge on any atom is -0.461 e. The maximum absolute atomic E-state index is 11.5. The first-order valence-corrected chi connectivity index (χ1v) is 8.13. The summed E-state index contributed by atoms with van der Waals surface area (Å²) < 4.78 is 33.3. The van der Waals surface area contributed by atoms with Gasteiger partial charge in [0, 0.05) is 6.04 Å². The van der Waals surface area contributed by atoms with Crippen molar-refractivity contribution in [3.8, 4) is 11.6 Å². The first-order valence-electron chi connectivity index (χ1n) is 6.31. The van der Waals surface area contributed by atoms with Gasteiger partial charge in [-0.1, -0.05) is 5.16 Å². The molecule has 1 aliphatic rings. The highest BCUT2D eigenvalue weighted by Gasteiger charge is 2.31. The Balaban J connectivity index is 1.66. The van der Waals surface area contributed by atoms with E-state index in [1.165, 1.54) is 0 Å². The van der Waals surface area contributed by atoms with Crippen molar-refractivity contribution in [2.75, 3.05) is 18.6 Å². The predicted octanol–water partition coefficient (Wildman–Crippen LogP) is 0.948. The zero-order chi connectivity index (χ0) is 14.2. The molecule has 0 aliphatic carbocycles. The molecule has 1 aliphatic heterocycles. The molecule has 1 fully saturated rings. The molecule has 7 nitrogen and oxygen atoms in total. The van der Waals surface area contributed by atoms with Crippen LogP contribution in [0, 0.1) is 0 Å². The van der Waals surface area contributed by atoms with Gasteiger partial charge in [-0.05, 0) is 25.6 Å². The molecular weight excluding hydrogens is 282 g/mol. The lowest BCUT2D eigenvalue weighted by Crippen LogP contribution is -2.32. The third-order valence-corrected chi connectivity index (χ3v) is 5.18. The molecule has 8 heteroatoms. The molecule has 3 heterocycles. The fourth-order valence-electron chi connectivity index (χ4n) is 2.29. The van der Waals surface area contributed by atoms with Gasteiger partial charge in [0.25, 0.3) is 0 Å². The maximum atomic E-state index is 11.5. The van der Waals surface area contributed by atoms with Gasteiger partial charge in [-0.2, -0.15) is 4.98 Å². The Kier molecular flexibility index (Phi) is 3.35. The molecule has 0 amide bonds. The zero-order valence-electron chi connectivity index (χ0n) is 11.0. The molecule has 0 saturated carbocycles. The van der Waals surface area contributed by atoms with Crippen molar-refractivity contribution in [1.29, 1.82) is 0 Å². The molecule has 2 aromatic heterocycles. The van der Waals surface area contributed by atoms with Gasteiger partial charge in [0.05, 0.1) is 24.3 Å². The first-order chi connectivity index (χ1) is 9.53. The molecule has 0 spiro atoms. The second kappa shape index (κ2) is 5.02. The summed E-state index contributed by atoms with van der Waals surface area (Å²) in [5, 5.41) is 3.84. The van der Waals surface area contributed by atoms with Crippen molar-refractivity contribution in [3.05, 3.63) is 24.3 Å². The highest BCUT2D eigenvalue weighted by molar-refractivity contribution is 7.91. The number of aromatic nitrogens is 2. The third-order valence-electron chi connectivity index (χ3n) is 3.43. The largest absolute Gasteiger partial charge is 0.461 e. The van der Waals surface area contributed by atoms with E-state index in [0.717, 1.165) is 0 Å². The van der Waals surface area contributed by atoms with Gasteiger partial charge in [0.1, 0.15) is 0 Å². The molecule has 3 rings (SSSR count). The van der Waals surface area contributed by atoms with Crippen molar-refractivity contribution in [3.63, 3.8) is 0 Å². The molecule has 108 valence electrons. The fourth-order valence-corrected chi connectivity index (χ4v) is 4.10. The maximum Gasteiger partial charge on any atom is 0.241 e. The Hall–Kier alpha value is -1.67. The standard InChI is InChI=1S/C12H15N3O4S/c1-15(9-4-6-20(16,17)8-9)7-11-13-12(14-19-11)10-3-2-5-18-10/h2-3,5,9H,4,6-8H2,1H3/t9-/m0/s1. The normalized spacial score (nSPS) is 21.6. The topological polar surface area (TPSA) is 89.4 Å². The fraction of sp³-hybridized carbons (Fsp3) is 0.500. The van der Waals surface area contributed by atoms with Gasteiger partial charge < -0.3 is 8.94 Å². The van der Waals surface area contributed by atoms with Crippen LogP contribution in [0.3, 0.4) is 0 Å². The van der Waals surface area contributed by atoms with E-state index in [1.54, 1.807) is 18.4 Å². The van der Waals surface area contributed by atoms with Crippen molar-refractivity contribution in [2.45, 2.75) is 19.0 Å². The third kappa shape index (κ3) is 2.75. The summed E-state index contributed by atoms with van der Waals surface area (Å²) in [6.45, 7) is 0.424. The predicted molar refractivity (Wildman–Crippen MR) is 70.5 cm³/mol. The molecule has 1 saturated heterocycles. The SMILES string of the molecule is CN(Cc1nc(-c2ccco2)no1)[C@H]1CCS(=O)(=O)C1. The van der Waals surface area contributed by atoms with E-state index in [2.05, 4.69) is 10.1 Å². The average molecular weight is 297 g/mol. The zero-order valence-corrected chi connectivity index (χ0v) is 11.8. The summed E-state index contributed by atoms with van der Waals surface area (Å²) in [5.74, 6) is 1.85. The number of furan rings is 1.